The first kappa shape index (κ1) is 26.3. The average Bonchev–Trinajstić information content (AvgIpc) is 3.21. The Bertz CT molecular complexity index is 1650. The molecule has 3 N–H and O–H groups in total. The van der Waals surface area contributed by atoms with E-state index >= 15 is 0 Å². The highest BCUT2D eigenvalue weighted by atomic mass is 35.5. The van der Waals surface area contributed by atoms with Crippen molar-refractivity contribution in [2.24, 2.45) is 0 Å². The number of hydrogen-bond donors (Lipinski definition) is 2. The summed E-state index contributed by atoms with van der Waals surface area (Å²) in [6.07, 6.45) is 0.635. The summed E-state index contributed by atoms with van der Waals surface area (Å²) in [5.41, 5.74) is 11.2. The fourth-order valence-corrected chi connectivity index (χ4v) is 4.77. The van der Waals surface area contributed by atoms with Gasteiger partial charge < -0.3 is 25.1 Å². The largest absolute Gasteiger partial charge is 0.490 e. The Kier molecular flexibility index (Phi) is 7.84. The summed E-state index contributed by atoms with van der Waals surface area (Å²) in [6, 6.07) is 20.9. The molecule has 3 aromatic carbocycles. The lowest BCUT2D eigenvalue weighted by atomic mass is 10.1. The number of amides is 1. The van der Waals surface area contributed by atoms with Gasteiger partial charge in [-0.05, 0) is 61.7 Å². The Morgan fingerprint density at radius 1 is 0.949 bits per heavy atom. The first-order valence-corrected chi connectivity index (χ1v) is 13.3. The standard InChI is InChI=1S/C30H30ClN5O3/c1-3-38-24-14-13-19(17-25(24)39-4-2)15-16-36-28(32)26(30(37)33-18-20-9-5-6-10-21(20)31)27-29(36)35-23-12-8-7-11-22(23)34-27/h5-14,17H,3-4,15-16,18,32H2,1-2H3,(H,33,37). The number of halogens is 1. The van der Waals surface area contributed by atoms with E-state index < -0.39 is 0 Å². The van der Waals surface area contributed by atoms with Crippen LogP contribution >= 0.6 is 11.6 Å². The van der Waals surface area contributed by atoms with E-state index in [1.807, 2.05) is 79.1 Å². The van der Waals surface area contributed by atoms with Gasteiger partial charge in [0.15, 0.2) is 17.1 Å². The van der Waals surface area contributed by atoms with Gasteiger partial charge in [0.25, 0.3) is 5.91 Å². The number of para-hydroxylation sites is 2. The Labute approximate surface area is 231 Å². The van der Waals surface area contributed by atoms with E-state index in [-0.39, 0.29) is 12.5 Å². The van der Waals surface area contributed by atoms with Crippen molar-refractivity contribution < 1.29 is 14.3 Å². The fraction of sp³-hybridized carbons (Fsp3) is 0.233. The number of fused-ring (bicyclic) bond motifs is 2. The van der Waals surface area contributed by atoms with E-state index in [1.165, 1.54) is 0 Å². The van der Waals surface area contributed by atoms with E-state index in [0.29, 0.717) is 70.8 Å². The highest BCUT2D eigenvalue weighted by Gasteiger charge is 2.24. The van der Waals surface area contributed by atoms with Crippen molar-refractivity contribution in [2.75, 3.05) is 18.9 Å². The van der Waals surface area contributed by atoms with Crippen molar-refractivity contribution in [1.82, 2.24) is 19.9 Å². The molecule has 5 rings (SSSR count). The van der Waals surface area contributed by atoms with Gasteiger partial charge in [-0.2, -0.15) is 0 Å². The molecule has 0 aliphatic rings. The van der Waals surface area contributed by atoms with Crippen LogP contribution in [0.4, 0.5) is 5.82 Å². The average molecular weight is 544 g/mol. The molecule has 0 atom stereocenters. The van der Waals surface area contributed by atoms with E-state index in [9.17, 15) is 4.79 Å². The van der Waals surface area contributed by atoms with Crippen molar-refractivity contribution in [2.45, 2.75) is 33.4 Å². The molecule has 0 fully saturated rings. The van der Waals surface area contributed by atoms with Crippen molar-refractivity contribution in [3.63, 3.8) is 0 Å². The van der Waals surface area contributed by atoms with Crippen LogP contribution in [0.15, 0.2) is 66.7 Å². The lowest BCUT2D eigenvalue weighted by molar-refractivity contribution is 0.0953. The van der Waals surface area contributed by atoms with E-state index in [0.717, 1.165) is 16.6 Å². The lowest BCUT2D eigenvalue weighted by Crippen LogP contribution is -2.24. The van der Waals surface area contributed by atoms with E-state index in [2.05, 4.69) is 5.32 Å². The second-order valence-electron chi connectivity index (χ2n) is 8.97. The Morgan fingerprint density at radius 3 is 2.38 bits per heavy atom. The number of carbonyl (C=O) groups is 1. The second kappa shape index (κ2) is 11.6. The molecule has 0 bridgehead atoms. The molecular formula is C30H30ClN5O3. The number of benzene rings is 3. The number of aryl methyl sites for hydroxylation is 2. The molecule has 9 heteroatoms. The molecule has 2 heterocycles. The second-order valence-corrected chi connectivity index (χ2v) is 9.37. The number of nitrogens with zero attached hydrogens (tertiary/aromatic N) is 3. The van der Waals surface area contributed by atoms with Crippen molar-refractivity contribution in [3.8, 4) is 11.5 Å². The molecule has 0 saturated heterocycles. The number of nitrogens with one attached hydrogen (secondary N) is 1. The number of carbonyl (C=O) groups excluding carboxylic acids is 1. The van der Waals surface area contributed by atoms with Gasteiger partial charge in [0.2, 0.25) is 0 Å². The molecule has 5 aromatic rings. The van der Waals surface area contributed by atoms with Gasteiger partial charge in [-0.3, -0.25) is 4.79 Å². The molecule has 0 aliphatic carbocycles. The minimum atomic E-state index is -0.333. The van der Waals surface area contributed by atoms with Crippen LogP contribution in [0.5, 0.6) is 11.5 Å². The number of anilines is 1. The van der Waals surface area contributed by atoms with Crippen LogP contribution in [0.2, 0.25) is 5.02 Å². The van der Waals surface area contributed by atoms with Crippen molar-refractivity contribution >= 4 is 45.5 Å². The quantitative estimate of drug-likeness (QED) is 0.231. The maximum atomic E-state index is 13.5. The molecule has 0 unspecified atom stereocenters. The van der Waals surface area contributed by atoms with Crippen LogP contribution in [0.1, 0.15) is 35.3 Å². The number of nitrogens with two attached hydrogens (primary N) is 1. The third kappa shape index (κ3) is 5.47. The molecule has 200 valence electrons. The number of ether oxygens (including phenoxy) is 2. The van der Waals surface area contributed by atoms with Crippen LogP contribution in [-0.4, -0.2) is 33.7 Å². The van der Waals surface area contributed by atoms with Gasteiger partial charge in [-0.1, -0.05) is 48.0 Å². The summed E-state index contributed by atoms with van der Waals surface area (Å²) in [5, 5.41) is 3.53. The van der Waals surface area contributed by atoms with E-state index in [4.69, 9.17) is 36.8 Å². The molecule has 0 spiro atoms. The lowest BCUT2D eigenvalue weighted by Gasteiger charge is -2.13. The minimum absolute atomic E-state index is 0.262. The smallest absolute Gasteiger partial charge is 0.257 e. The van der Waals surface area contributed by atoms with Gasteiger partial charge in [0.1, 0.15) is 16.9 Å². The SMILES string of the molecule is CCOc1ccc(CCn2c(N)c(C(=O)NCc3ccccc3Cl)c3nc4ccccc4nc32)cc1OCC. The Balaban J connectivity index is 1.50. The zero-order valence-corrected chi connectivity index (χ0v) is 22.7. The topological polar surface area (TPSA) is 104 Å². The first-order valence-electron chi connectivity index (χ1n) is 12.9. The molecule has 8 nitrogen and oxygen atoms in total. The molecule has 0 radical (unpaired) electrons. The van der Waals surface area contributed by atoms with Crippen LogP contribution in [0, 0.1) is 0 Å². The van der Waals surface area contributed by atoms with Gasteiger partial charge in [0, 0.05) is 18.1 Å². The zero-order valence-electron chi connectivity index (χ0n) is 21.9. The minimum Gasteiger partial charge on any atom is -0.490 e. The number of rotatable bonds is 10. The molecule has 2 aromatic heterocycles. The van der Waals surface area contributed by atoms with Gasteiger partial charge in [-0.25, -0.2) is 9.97 Å². The van der Waals surface area contributed by atoms with Crippen LogP contribution in [0.3, 0.4) is 0 Å². The van der Waals surface area contributed by atoms with Crippen LogP contribution in [0.25, 0.3) is 22.2 Å². The molecule has 1 amide bonds. The highest BCUT2D eigenvalue weighted by molar-refractivity contribution is 6.31. The number of aromatic nitrogens is 3. The third-order valence-electron chi connectivity index (χ3n) is 6.45. The molecule has 0 saturated carbocycles. The van der Waals surface area contributed by atoms with Crippen LogP contribution < -0.4 is 20.5 Å². The van der Waals surface area contributed by atoms with Gasteiger partial charge in [0.05, 0.1) is 24.2 Å². The van der Waals surface area contributed by atoms with Crippen molar-refractivity contribution in [1.29, 1.82) is 0 Å². The Morgan fingerprint density at radius 2 is 1.64 bits per heavy atom. The predicted molar refractivity (Wildman–Crippen MR) is 155 cm³/mol. The van der Waals surface area contributed by atoms with E-state index in [1.54, 1.807) is 6.07 Å². The summed E-state index contributed by atoms with van der Waals surface area (Å²) >= 11 is 6.29. The maximum Gasteiger partial charge on any atom is 0.257 e. The third-order valence-corrected chi connectivity index (χ3v) is 6.82. The summed E-state index contributed by atoms with van der Waals surface area (Å²) in [4.78, 5) is 23.1. The maximum absolute atomic E-state index is 13.5. The number of hydrogen-bond acceptors (Lipinski definition) is 6. The molecular weight excluding hydrogens is 514 g/mol. The fourth-order valence-electron chi connectivity index (χ4n) is 4.56. The van der Waals surface area contributed by atoms with Gasteiger partial charge >= 0.3 is 0 Å². The van der Waals surface area contributed by atoms with Crippen LogP contribution in [-0.2, 0) is 19.5 Å². The monoisotopic (exact) mass is 543 g/mol. The molecule has 39 heavy (non-hydrogen) atoms. The number of nitrogen functional groups attached to an aromatic ring is 1. The van der Waals surface area contributed by atoms with Gasteiger partial charge in [-0.15, -0.1) is 0 Å². The zero-order chi connectivity index (χ0) is 27.4. The predicted octanol–water partition coefficient (Wildman–Crippen LogP) is 5.79. The summed E-state index contributed by atoms with van der Waals surface area (Å²) in [5.74, 6) is 1.39. The summed E-state index contributed by atoms with van der Waals surface area (Å²) < 4.78 is 13.3. The summed E-state index contributed by atoms with van der Waals surface area (Å²) in [7, 11) is 0. The summed E-state index contributed by atoms with van der Waals surface area (Å²) in [6.45, 7) is 5.73. The normalized spacial score (nSPS) is 11.2. The molecule has 0 aliphatic heterocycles. The first-order chi connectivity index (χ1) is 19.0. The highest BCUT2D eigenvalue weighted by Crippen LogP contribution is 2.31. The Hall–Kier alpha value is -4.30. The van der Waals surface area contributed by atoms with Crippen molar-refractivity contribution in [3.05, 3.63) is 88.4 Å².